The van der Waals surface area contributed by atoms with Crippen LogP contribution in [0.25, 0.3) is 0 Å². The fourth-order valence-electron chi connectivity index (χ4n) is 2.34. The Labute approximate surface area is 142 Å². The standard InChI is InChI=1S/C19H23N3O2/c1-13-8-7-11-17(14(13)2)24-12-15-9-5-6-10-16(15)18(22-23-4)19(20)21-3/h5-11H,12H2,1-4H3,(H2,20,21). The van der Waals surface area contributed by atoms with Crippen molar-refractivity contribution >= 4 is 11.5 Å². The maximum atomic E-state index is 6.01. The van der Waals surface area contributed by atoms with Crippen LogP contribution in [0.15, 0.2) is 52.6 Å². The fraction of sp³-hybridized carbons (Fsp3) is 0.263. The van der Waals surface area contributed by atoms with Gasteiger partial charge in [0.1, 0.15) is 25.3 Å². The highest BCUT2D eigenvalue weighted by Gasteiger charge is 2.14. The van der Waals surface area contributed by atoms with Gasteiger partial charge in [-0.1, -0.05) is 41.6 Å². The molecule has 126 valence electrons. The first kappa shape index (κ1) is 17.5. The van der Waals surface area contributed by atoms with Crippen molar-refractivity contribution < 1.29 is 9.57 Å². The minimum atomic E-state index is 0.316. The molecule has 2 N–H and O–H groups in total. The van der Waals surface area contributed by atoms with Crippen molar-refractivity contribution in [2.24, 2.45) is 15.9 Å². The molecule has 0 unspecified atom stereocenters. The zero-order valence-corrected chi connectivity index (χ0v) is 14.5. The number of benzene rings is 2. The maximum Gasteiger partial charge on any atom is 0.152 e. The second kappa shape index (κ2) is 8.15. The zero-order valence-electron chi connectivity index (χ0n) is 14.5. The first-order valence-electron chi connectivity index (χ1n) is 7.69. The SMILES string of the molecule is CN=C(N)C(=NOC)c1ccccc1COc1cccc(C)c1C. The Kier molecular flexibility index (Phi) is 5.95. The van der Waals surface area contributed by atoms with E-state index in [2.05, 4.69) is 30.1 Å². The van der Waals surface area contributed by atoms with Crippen LogP contribution in [0.2, 0.25) is 0 Å². The summed E-state index contributed by atoms with van der Waals surface area (Å²) in [6, 6.07) is 13.8. The predicted octanol–water partition coefficient (Wildman–Crippen LogP) is 3.22. The average Bonchev–Trinajstić information content (AvgIpc) is 2.60. The zero-order chi connectivity index (χ0) is 17.5. The maximum absolute atomic E-state index is 6.01. The molecule has 0 saturated heterocycles. The number of hydrogen-bond donors (Lipinski definition) is 1. The Morgan fingerprint density at radius 2 is 1.83 bits per heavy atom. The minimum absolute atomic E-state index is 0.316. The molecule has 2 aromatic carbocycles. The van der Waals surface area contributed by atoms with Gasteiger partial charge >= 0.3 is 0 Å². The van der Waals surface area contributed by atoms with E-state index in [1.165, 1.54) is 12.7 Å². The molecule has 5 nitrogen and oxygen atoms in total. The van der Waals surface area contributed by atoms with E-state index < -0.39 is 0 Å². The number of hydrogen-bond acceptors (Lipinski definition) is 4. The van der Waals surface area contributed by atoms with Gasteiger partial charge in [0.15, 0.2) is 5.71 Å². The molecule has 0 aliphatic rings. The van der Waals surface area contributed by atoms with Crippen LogP contribution in [-0.2, 0) is 11.4 Å². The molecule has 0 saturated carbocycles. The third-order valence-corrected chi connectivity index (χ3v) is 3.88. The summed E-state index contributed by atoms with van der Waals surface area (Å²) in [5, 5.41) is 4.02. The topological polar surface area (TPSA) is 69.2 Å². The van der Waals surface area contributed by atoms with Gasteiger partial charge in [0, 0.05) is 12.6 Å². The quantitative estimate of drug-likeness (QED) is 0.504. The Balaban J connectivity index is 2.32. The molecule has 0 aliphatic carbocycles. The second-order valence-corrected chi connectivity index (χ2v) is 5.38. The van der Waals surface area contributed by atoms with Gasteiger partial charge in [0.2, 0.25) is 0 Å². The van der Waals surface area contributed by atoms with Gasteiger partial charge in [-0.2, -0.15) is 0 Å². The molecular weight excluding hydrogens is 302 g/mol. The van der Waals surface area contributed by atoms with Gasteiger partial charge < -0.3 is 15.3 Å². The van der Waals surface area contributed by atoms with Gasteiger partial charge in [-0.05, 0) is 36.6 Å². The third-order valence-electron chi connectivity index (χ3n) is 3.88. The van der Waals surface area contributed by atoms with Gasteiger partial charge in [-0.15, -0.1) is 0 Å². The summed E-state index contributed by atoms with van der Waals surface area (Å²) in [5.41, 5.74) is 10.6. The summed E-state index contributed by atoms with van der Waals surface area (Å²) in [6.07, 6.45) is 0. The highest BCUT2D eigenvalue weighted by atomic mass is 16.6. The Hall–Kier alpha value is -2.82. The van der Waals surface area contributed by atoms with E-state index in [-0.39, 0.29) is 0 Å². The van der Waals surface area contributed by atoms with Gasteiger partial charge in [-0.25, -0.2) is 0 Å². The van der Waals surface area contributed by atoms with Crippen LogP contribution in [0, 0.1) is 13.8 Å². The summed E-state index contributed by atoms with van der Waals surface area (Å²) in [4.78, 5) is 8.93. The molecule has 0 bridgehead atoms. The molecule has 24 heavy (non-hydrogen) atoms. The molecule has 2 aromatic rings. The van der Waals surface area contributed by atoms with E-state index in [1.807, 2.05) is 36.4 Å². The largest absolute Gasteiger partial charge is 0.489 e. The van der Waals surface area contributed by atoms with Crippen molar-refractivity contribution in [3.63, 3.8) is 0 Å². The van der Waals surface area contributed by atoms with Crippen LogP contribution in [-0.4, -0.2) is 25.7 Å². The van der Waals surface area contributed by atoms with E-state index in [0.717, 1.165) is 22.4 Å². The number of ether oxygens (including phenoxy) is 1. The van der Waals surface area contributed by atoms with Crippen LogP contribution >= 0.6 is 0 Å². The van der Waals surface area contributed by atoms with Crippen LogP contribution < -0.4 is 10.5 Å². The van der Waals surface area contributed by atoms with Gasteiger partial charge in [-0.3, -0.25) is 4.99 Å². The lowest BCUT2D eigenvalue weighted by molar-refractivity contribution is 0.214. The summed E-state index contributed by atoms with van der Waals surface area (Å²) in [6.45, 7) is 4.52. The average molecular weight is 325 g/mol. The fourth-order valence-corrected chi connectivity index (χ4v) is 2.34. The molecule has 0 fully saturated rings. The molecular formula is C19H23N3O2. The van der Waals surface area contributed by atoms with Crippen molar-refractivity contribution in [1.29, 1.82) is 0 Å². The molecule has 0 aromatic heterocycles. The lowest BCUT2D eigenvalue weighted by atomic mass is 10.0. The number of oxime groups is 1. The van der Waals surface area contributed by atoms with Crippen LogP contribution in [0.1, 0.15) is 22.3 Å². The third kappa shape index (κ3) is 3.93. The highest BCUT2D eigenvalue weighted by Crippen LogP contribution is 2.22. The number of aliphatic imine (C=N–C) groups is 1. The van der Waals surface area contributed by atoms with Crippen LogP contribution in [0.5, 0.6) is 5.75 Å². The molecule has 0 heterocycles. The number of nitrogens with two attached hydrogens (primary N) is 1. The van der Waals surface area contributed by atoms with Crippen molar-refractivity contribution in [3.05, 3.63) is 64.7 Å². The van der Waals surface area contributed by atoms with E-state index in [1.54, 1.807) is 7.05 Å². The van der Waals surface area contributed by atoms with E-state index in [9.17, 15) is 0 Å². The lowest BCUT2D eigenvalue weighted by Crippen LogP contribution is -2.26. The Morgan fingerprint density at radius 3 is 2.54 bits per heavy atom. The number of nitrogens with zero attached hydrogens (tertiary/aromatic N) is 2. The van der Waals surface area contributed by atoms with Crippen LogP contribution in [0.4, 0.5) is 0 Å². The van der Waals surface area contributed by atoms with E-state index >= 15 is 0 Å². The number of rotatable bonds is 6. The van der Waals surface area contributed by atoms with Gasteiger partial charge in [0.05, 0.1) is 0 Å². The van der Waals surface area contributed by atoms with Crippen molar-refractivity contribution in [2.45, 2.75) is 20.5 Å². The summed E-state index contributed by atoms with van der Waals surface area (Å²) in [7, 11) is 3.11. The molecule has 5 heteroatoms. The Morgan fingerprint density at radius 1 is 1.08 bits per heavy atom. The van der Waals surface area contributed by atoms with E-state index in [0.29, 0.717) is 18.2 Å². The van der Waals surface area contributed by atoms with E-state index in [4.69, 9.17) is 15.3 Å². The summed E-state index contributed by atoms with van der Waals surface area (Å²) in [5.74, 6) is 1.18. The smallest absolute Gasteiger partial charge is 0.152 e. The predicted molar refractivity (Wildman–Crippen MR) is 97.8 cm³/mol. The summed E-state index contributed by atoms with van der Waals surface area (Å²) >= 11 is 0. The highest BCUT2D eigenvalue weighted by molar-refractivity contribution is 6.47. The van der Waals surface area contributed by atoms with Crippen molar-refractivity contribution in [1.82, 2.24) is 0 Å². The monoisotopic (exact) mass is 325 g/mol. The first-order valence-corrected chi connectivity index (χ1v) is 7.69. The summed E-state index contributed by atoms with van der Waals surface area (Å²) < 4.78 is 6.01. The molecule has 0 spiro atoms. The number of amidine groups is 1. The molecule has 0 aliphatic heterocycles. The molecule has 0 radical (unpaired) electrons. The van der Waals surface area contributed by atoms with Gasteiger partial charge in [0.25, 0.3) is 0 Å². The van der Waals surface area contributed by atoms with Crippen molar-refractivity contribution in [2.75, 3.05) is 14.2 Å². The molecule has 2 rings (SSSR count). The molecule has 0 atom stereocenters. The van der Waals surface area contributed by atoms with Crippen molar-refractivity contribution in [3.8, 4) is 5.75 Å². The second-order valence-electron chi connectivity index (χ2n) is 5.38. The molecule has 0 amide bonds. The minimum Gasteiger partial charge on any atom is -0.489 e. The van der Waals surface area contributed by atoms with Crippen LogP contribution in [0.3, 0.4) is 0 Å². The first-order chi connectivity index (χ1) is 11.6. The number of aryl methyl sites for hydroxylation is 1. The normalized spacial score (nSPS) is 12.2. The lowest BCUT2D eigenvalue weighted by Gasteiger charge is -2.14. The Bertz CT molecular complexity index is 767.